The van der Waals surface area contributed by atoms with Crippen LogP contribution < -0.4 is 0 Å². The van der Waals surface area contributed by atoms with Crippen molar-refractivity contribution in [2.75, 3.05) is 6.61 Å². The Morgan fingerprint density at radius 1 is 1.32 bits per heavy atom. The molecule has 0 N–H and O–H groups in total. The van der Waals surface area contributed by atoms with Crippen molar-refractivity contribution in [2.24, 2.45) is 5.92 Å². The van der Waals surface area contributed by atoms with Crippen LogP contribution in [0.15, 0.2) is 41.3 Å². The minimum atomic E-state index is -2.15. The zero-order valence-electron chi connectivity index (χ0n) is 20.2. The number of hydrogen-bond donors (Lipinski definition) is 0. The molecule has 3 atom stereocenters. The second-order valence-corrected chi connectivity index (χ2v) is 17.9. The first kappa shape index (κ1) is 26.9. The van der Waals surface area contributed by atoms with Crippen molar-refractivity contribution in [3.63, 3.8) is 0 Å². The van der Waals surface area contributed by atoms with Crippen LogP contribution in [0.1, 0.15) is 27.7 Å². The second-order valence-electron chi connectivity index (χ2n) is 9.53. The van der Waals surface area contributed by atoms with Gasteiger partial charge in [0.2, 0.25) is 5.91 Å². The summed E-state index contributed by atoms with van der Waals surface area (Å²) in [6.45, 7) is 15.9. The molecule has 34 heavy (non-hydrogen) atoms. The van der Waals surface area contributed by atoms with Crippen LogP contribution in [0.5, 0.6) is 0 Å². The predicted molar refractivity (Wildman–Crippen MR) is 141 cm³/mol. The zero-order valence-corrected chi connectivity index (χ0v) is 23.6. The molecule has 1 fully saturated rings. The van der Waals surface area contributed by atoms with Crippen LogP contribution >= 0.6 is 32.9 Å². The number of esters is 1. The number of para-hydroxylation sites is 1. The molecule has 1 aliphatic rings. The number of β-lactam (4-membered cyclic amide) rings is 1. The number of likely N-dealkylation sites (tertiary alicyclic amines) is 1. The highest BCUT2D eigenvalue weighted by Gasteiger charge is 2.57. The Morgan fingerprint density at radius 2 is 2.00 bits per heavy atom. The monoisotopic (exact) mass is 538 g/mol. The largest absolute Gasteiger partial charge is 0.454 e. The summed E-state index contributed by atoms with van der Waals surface area (Å²) in [5.74, 6) is -3.02. The Morgan fingerprint density at radius 3 is 2.62 bits per heavy atom. The molecule has 2 heterocycles. The Balaban J connectivity index is 1.80. The van der Waals surface area contributed by atoms with Crippen molar-refractivity contribution in [1.82, 2.24) is 9.88 Å². The van der Waals surface area contributed by atoms with E-state index in [9.17, 15) is 14.4 Å². The number of fused-ring (bicyclic) bond motifs is 1. The van der Waals surface area contributed by atoms with Crippen LogP contribution in [-0.4, -0.2) is 54.1 Å². The maximum Gasteiger partial charge on any atom is 0.397 e. The summed E-state index contributed by atoms with van der Waals surface area (Å²) < 4.78 is 13.2. The summed E-state index contributed by atoms with van der Waals surface area (Å²) >= 11 is 1.54. The second kappa shape index (κ2) is 10.5. The lowest BCUT2D eigenvalue weighted by Crippen LogP contribution is -2.67. The highest BCUT2D eigenvalue weighted by molar-refractivity contribution is 8.77. The summed E-state index contributed by atoms with van der Waals surface area (Å²) in [6.07, 6.45) is 0.964. The van der Waals surface area contributed by atoms with Crippen molar-refractivity contribution < 1.29 is 23.5 Å². The van der Waals surface area contributed by atoms with Gasteiger partial charge < -0.3 is 9.16 Å². The fourth-order valence-electron chi connectivity index (χ4n) is 3.22. The molecule has 0 aliphatic carbocycles. The summed E-state index contributed by atoms with van der Waals surface area (Å²) in [5, 5.41) is -0.607. The summed E-state index contributed by atoms with van der Waals surface area (Å²) in [5.41, 5.74) is 0.896. The number of thiazole rings is 1. The van der Waals surface area contributed by atoms with Crippen molar-refractivity contribution in [2.45, 2.75) is 61.6 Å². The first-order chi connectivity index (χ1) is 15.9. The normalized spacial score (nSPS) is 19.6. The average molecular weight is 539 g/mol. The Kier molecular flexibility index (Phi) is 8.34. The van der Waals surface area contributed by atoms with Crippen molar-refractivity contribution in [1.29, 1.82) is 0 Å². The molecule has 0 radical (unpaired) electrons. The van der Waals surface area contributed by atoms with E-state index in [1.54, 1.807) is 11.3 Å². The molecule has 0 spiro atoms. The Bertz CT molecular complexity index is 1060. The fourth-order valence-corrected chi connectivity index (χ4v) is 8.75. The predicted octanol–water partition coefficient (Wildman–Crippen LogP) is 5.49. The number of aromatic nitrogens is 1. The van der Waals surface area contributed by atoms with Crippen molar-refractivity contribution in [3.05, 3.63) is 36.9 Å². The smallest absolute Gasteiger partial charge is 0.397 e. The molecule has 2 amide bonds. The van der Waals surface area contributed by atoms with Gasteiger partial charge in [-0.15, -0.1) is 11.3 Å². The zero-order chi connectivity index (χ0) is 25.3. The summed E-state index contributed by atoms with van der Waals surface area (Å²) in [7, 11) is 0.577. The van der Waals surface area contributed by atoms with E-state index in [0.717, 1.165) is 19.5 Å². The average Bonchev–Trinajstić information content (AvgIpc) is 3.16. The van der Waals surface area contributed by atoms with Gasteiger partial charge in [0.1, 0.15) is 12.0 Å². The third-order valence-corrected chi connectivity index (χ3v) is 14.7. The molecule has 7 nitrogen and oxygen atoms in total. The molecule has 0 saturated carbocycles. The number of carbonyl (C=O) groups is 3. The van der Waals surface area contributed by atoms with Crippen LogP contribution in [0, 0.1) is 5.92 Å². The molecule has 11 heteroatoms. The van der Waals surface area contributed by atoms with Gasteiger partial charge >= 0.3 is 11.9 Å². The van der Waals surface area contributed by atoms with Crippen LogP contribution in [0.25, 0.3) is 10.2 Å². The molecule has 1 aliphatic heterocycles. The first-order valence-electron chi connectivity index (χ1n) is 10.9. The third-order valence-electron chi connectivity index (χ3n) is 6.09. The SMILES string of the molecule is C=CCOC(=O)C(=O)N1C(=O)[C@H]([C@@H](C)O[Si](C)(C)C(C)(C)C)[C@H]1SSc1nc2ccccc2s1. The lowest BCUT2D eigenvalue weighted by molar-refractivity contribution is -0.174. The number of imide groups is 1. The van der Waals surface area contributed by atoms with Gasteiger partial charge in [-0.05, 0) is 48.0 Å². The van der Waals surface area contributed by atoms with E-state index in [1.165, 1.54) is 27.7 Å². The van der Waals surface area contributed by atoms with E-state index in [2.05, 4.69) is 45.4 Å². The van der Waals surface area contributed by atoms with Gasteiger partial charge in [-0.25, -0.2) is 9.78 Å². The molecule has 0 unspecified atom stereocenters. The molecule has 1 aromatic carbocycles. The van der Waals surface area contributed by atoms with E-state index in [-0.39, 0.29) is 11.6 Å². The number of carbonyl (C=O) groups excluding carboxylic acids is 3. The molecule has 1 saturated heterocycles. The molecule has 2 aromatic rings. The molecular formula is C23H30N2O5S3Si. The van der Waals surface area contributed by atoms with Crippen molar-refractivity contribution in [3.8, 4) is 0 Å². The molecule has 1 aromatic heterocycles. The van der Waals surface area contributed by atoms with Gasteiger partial charge in [-0.2, -0.15) is 0 Å². The number of ether oxygens (including phenoxy) is 1. The third kappa shape index (κ3) is 5.59. The molecule has 184 valence electrons. The quantitative estimate of drug-likeness (QED) is 0.109. The summed E-state index contributed by atoms with van der Waals surface area (Å²) in [6, 6.07) is 7.83. The molecule has 3 rings (SSSR count). The lowest BCUT2D eigenvalue weighted by atomic mass is 9.92. The highest BCUT2D eigenvalue weighted by atomic mass is 33.1. The first-order valence-corrected chi connectivity index (χ1v) is 16.8. The standard InChI is InChI=1S/C23H30N2O5S3Si/c1-8-13-29-21(28)19(27)25-18(26)17(14(2)30-34(6,7)23(3,4)5)20(25)32-33-22-24-15-11-9-10-12-16(15)31-22/h8-12,14,17,20H,1,13H2,2-7H3/t14-,17+,20-/m1/s1. The van der Waals surface area contributed by atoms with Gasteiger partial charge in [-0.3, -0.25) is 14.5 Å². The van der Waals surface area contributed by atoms with Crippen LogP contribution in [0.3, 0.4) is 0 Å². The number of amides is 2. The highest BCUT2D eigenvalue weighted by Crippen LogP contribution is 2.49. The fraction of sp³-hybridized carbons (Fsp3) is 0.478. The van der Waals surface area contributed by atoms with Crippen LogP contribution in [0.4, 0.5) is 0 Å². The van der Waals surface area contributed by atoms with E-state index >= 15 is 0 Å². The molecule has 0 bridgehead atoms. The minimum absolute atomic E-state index is 0.0313. The molecular weight excluding hydrogens is 509 g/mol. The van der Waals surface area contributed by atoms with Gasteiger partial charge in [-0.1, -0.05) is 56.4 Å². The minimum Gasteiger partial charge on any atom is -0.454 e. The van der Waals surface area contributed by atoms with E-state index in [0.29, 0.717) is 0 Å². The summed E-state index contributed by atoms with van der Waals surface area (Å²) in [4.78, 5) is 43.6. The van der Waals surface area contributed by atoms with Crippen molar-refractivity contribution >= 4 is 69.2 Å². The number of hydrogen-bond acceptors (Lipinski definition) is 9. The van der Waals surface area contributed by atoms with Gasteiger partial charge in [0, 0.05) is 0 Å². The maximum atomic E-state index is 13.1. The Labute approximate surface area is 213 Å². The topological polar surface area (TPSA) is 85.8 Å². The number of nitrogens with zero attached hydrogens (tertiary/aromatic N) is 2. The Hall–Kier alpha value is -1.66. The van der Waals surface area contributed by atoms with Crippen LogP contribution in [0.2, 0.25) is 18.1 Å². The van der Waals surface area contributed by atoms with Crippen LogP contribution in [-0.2, 0) is 23.5 Å². The van der Waals surface area contributed by atoms with Gasteiger partial charge in [0.05, 0.1) is 22.2 Å². The number of rotatable bonds is 8. The number of benzene rings is 1. The van der Waals surface area contributed by atoms with E-state index < -0.39 is 43.5 Å². The van der Waals surface area contributed by atoms with E-state index in [1.807, 2.05) is 31.2 Å². The van der Waals surface area contributed by atoms with Gasteiger partial charge in [0.15, 0.2) is 12.7 Å². The van der Waals surface area contributed by atoms with Gasteiger partial charge in [0.25, 0.3) is 0 Å². The maximum absolute atomic E-state index is 13.1. The lowest BCUT2D eigenvalue weighted by Gasteiger charge is -2.48. The van der Waals surface area contributed by atoms with E-state index in [4.69, 9.17) is 9.16 Å².